The van der Waals surface area contributed by atoms with E-state index in [0.717, 1.165) is 11.3 Å². The standard InChI is InChI=1S/C8H12N2O/c1-6-4-7(2-3-11)10-8(9)5-6/h4-5,11H,2-3H2,1H3,(H2,9,10). The van der Waals surface area contributed by atoms with Gasteiger partial charge in [0.2, 0.25) is 0 Å². The molecule has 1 heterocycles. The van der Waals surface area contributed by atoms with Crippen molar-refractivity contribution in [1.29, 1.82) is 0 Å². The van der Waals surface area contributed by atoms with Crippen LogP contribution in [0.1, 0.15) is 11.3 Å². The predicted molar refractivity (Wildman–Crippen MR) is 44.2 cm³/mol. The number of anilines is 1. The van der Waals surface area contributed by atoms with Gasteiger partial charge in [-0.1, -0.05) is 0 Å². The highest BCUT2D eigenvalue weighted by molar-refractivity contribution is 5.34. The summed E-state index contributed by atoms with van der Waals surface area (Å²) in [6.07, 6.45) is 0.575. The summed E-state index contributed by atoms with van der Waals surface area (Å²) in [6, 6.07) is 3.73. The average molecular weight is 152 g/mol. The van der Waals surface area contributed by atoms with Crippen molar-refractivity contribution in [1.82, 2.24) is 4.98 Å². The van der Waals surface area contributed by atoms with Crippen LogP contribution in [0.15, 0.2) is 12.1 Å². The monoisotopic (exact) mass is 152 g/mol. The van der Waals surface area contributed by atoms with Crippen molar-refractivity contribution >= 4 is 5.82 Å². The summed E-state index contributed by atoms with van der Waals surface area (Å²) in [5.74, 6) is 0.522. The molecule has 1 aromatic heterocycles. The molecule has 0 aliphatic rings. The van der Waals surface area contributed by atoms with E-state index in [1.165, 1.54) is 0 Å². The van der Waals surface area contributed by atoms with Crippen LogP contribution in [0.5, 0.6) is 0 Å². The number of aliphatic hydroxyl groups is 1. The quantitative estimate of drug-likeness (QED) is 0.649. The van der Waals surface area contributed by atoms with Gasteiger partial charge in [-0.3, -0.25) is 0 Å². The summed E-state index contributed by atoms with van der Waals surface area (Å²) in [4.78, 5) is 4.04. The number of aliphatic hydroxyl groups excluding tert-OH is 1. The van der Waals surface area contributed by atoms with E-state index in [2.05, 4.69) is 4.98 Å². The molecule has 60 valence electrons. The first-order chi connectivity index (χ1) is 5.22. The summed E-state index contributed by atoms with van der Waals surface area (Å²) < 4.78 is 0. The topological polar surface area (TPSA) is 59.1 Å². The number of nitrogens with two attached hydrogens (primary N) is 1. The maximum atomic E-state index is 8.62. The number of aromatic nitrogens is 1. The Morgan fingerprint density at radius 3 is 2.82 bits per heavy atom. The lowest BCUT2D eigenvalue weighted by Gasteiger charge is -2.00. The van der Waals surface area contributed by atoms with Crippen LogP contribution in [-0.2, 0) is 6.42 Å². The predicted octanol–water partition coefficient (Wildman–Crippen LogP) is 0.507. The van der Waals surface area contributed by atoms with E-state index in [-0.39, 0.29) is 6.61 Å². The molecule has 11 heavy (non-hydrogen) atoms. The molecule has 3 N–H and O–H groups in total. The normalized spacial score (nSPS) is 10.0. The second kappa shape index (κ2) is 3.34. The Morgan fingerprint density at radius 1 is 1.55 bits per heavy atom. The molecule has 0 bridgehead atoms. The molecule has 0 saturated carbocycles. The fourth-order valence-electron chi connectivity index (χ4n) is 1.01. The molecule has 0 unspecified atom stereocenters. The van der Waals surface area contributed by atoms with Crippen molar-refractivity contribution in [3.05, 3.63) is 23.4 Å². The first-order valence-corrected chi connectivity index (χ1v) is 3.56. The molecule has 0 aliphatic heterocycles. The number of aryl methyl sites for hydroxylation is 1. The highest BCUT2D eigenvalue weighted by atomic mass is 16.3. The maximum Gasteiger partial charge on any atom is 0.123 e. The zero-order valence-electron chi connectivity index (χ0n) is 6.54. The Hall–Kier alpha value is -1.09. The Balaban J connectivity index is 2.89. The fraction of sp³-hybridized carbons (Fsp3) is 0.375. The van der Waals surface area contributed by atoms with E-state index in [1.807, 2.05) is 13.0 Å². The van der Waals surface area contributed by atoms with Crippen LogP contribution in [0.4, 0.5) is 5.82 Å². The van der Waals surface area contributed by atoms with Gasteiger partial charge < -0.3 is 10.8 Å². The molecule has 0 spiro atoms. The third-order valence-electron chi connectivity index (χ3n) is 1.41. The molecule has 0 radical (unpaired) electrons. The zero-order valence-corrected chi connectivity index (χ0v) is 6.54. The lowest BCUT2D eigenvalue weighted by molar-refractivity contribution is 0.298. The van der Waals surface area contributed by atoms with Crippen molar-refractivity contribution in [3.63, 3.8) is 0 Å². The number of rotatable bonds is 2. The van der Waals surface area contributed by atoms with Gasteiger partial charge in [-0.15, -0.1) is 0 Å². The average Bonchev–Trinajstić information content (AvgIpc) is 1.85. The van der Waals surface area contributed by atoms with Crippen LogP contribution in [-0.4, -0.2) is 16.7 Å². The Labute approximate surface area is 65.9 Å². The summed E-state index contributed by atoms with van der Waals surface area (Å²) in [7, 11) is 0. The third-order valence-corrected chi connectivity index (χ3v) is 1.41. The molecule has 0 amide bonds. The molecule has 3 nitrogen and oxygen atoms in total. The van der Waals surface area contributed by atoms with Crippen LogP contribution >= 0.6 is 0 Å². The molecular formula is C8H12N2O. The highest BCUT2D eigenvalue weighted by Crippen LogP contribution is 2.06. The van der Waals surface area contributed by atoms with E-state index in [1.54, 1.807) is 6.07 Å². The molecule has 0 aliphatic carbocycles. The number of nitrogen functional groups attached to an aromatic ring is 1. The Kier molecular flexibility index (Phi) is 2.44. The van der Waals surface area contributed by atoms with Crippen molar-refractivity contribution in [2.75, 3.05) is 12.3 Å². The van der Waals surface area contributed by atoms with Crippen molar-refractivity contribution in [3.8, 4) is 0 Å². The summed E-state index contributed by atoms with van der Waals surface area (Å²) in [5.41, 5.74) is 7.43. The van der Waals surface area contributed by atoms with Crippen LogP contribution in [0, 0.1) is 6.92 Å². The van der Waals surface area contributed by atoms with Gasteiger partial charge >= 0.3 is 0 Å². The summed E-state index contributed by atoms with van der Waals surface area (Å²) in [5, 5.41) is 8.62. The minimum atomic E-state index is 0.121. The van der Waals surface area contributed by atoms with Crippen molar-refractivity contribution in [2.45, 2.75) is 13.3 Å². The zero-order chi connectivity index (χ0) is 8.27. The van der Waals surface area contributed by atoms with Crippen LogP contribution < -0.4 is 5.73 Å². The molecule has 3 heteroatoms. The minimum Gasteiger partial charge on any atom is -0.396 e. The second-order valence-corrected chi connectivity index (χ2v) is 2.53. The maximum absolute atomic E-state index is 8.62. The summed E-state index contributed by atoms with van der Waals surface area (Å²) >= 11 is 0. The Morgan fingerprint density at radius 2 is 2.27 bits per heavy atom. The largest absolute Gasteiger partial charge is 0.396 e. The first-order valence-electron chi connectivity index (χ1n) is 3.56. The van der Waals surface area contributed by atoms with E-state index in [9.17, 15) is 0 Å². The third kappa shape index (κ3) is 2.20. The van der Waals surface area contributed by atoms with Gasteiger partial charge in [0.25, 0.3) is 0 Å². The van der Waals surface area contributed by atoms with E-state index in [0.29, 0.717) is 12.2 Å². The fourth-order valence-corrected chi connectivity index (χ4v) is 1.01. The molecule has 0 aromatic carbocycles. The second-order valence-electron chi connectivity index (χ2n) is 2.53. The molecule has 1 aromatic rings. The molecule has 1 rings (SSSR count). The van der Waals surface area contributed by atoms with Crippen LogP contribution in [0.25, 0.3) is 0 Å². The van der Waals surface area contributed by atoms with Gasteiger partial charge in [0.1, 0.15) is 5.82 Å². The molecular weight excluding hydrogens is 140 g/mol. The van der Waals surface area contributed by atoms with Crippen LogP contribution in [0.3, 0.4) is 0 Å². The molecule has 0 saturated heterocycles. The number of nitrogens with zero attached hydrogens (tertiary/aromatic N) is 1. The van der Waals surface area contributed by atoms with E-state index >= 15 is 0 Å². The van der Waals surface area contributed by atoms with Gasteiger partial charge in [-0.25, -0.2) is 4.98 Å². The lowest BCUT2D eigenvalue weighted by atomic mass is 10.2. The van der Waals surface area contributed by atoms with Gasteiger partial charge in [-0.2, -0.15) is 0 Å². The SMILES string of the molecule is Cc1cc(N)nc(CCO)c1. The Bertz CT molecular complexity index is 228. The minimum absolute atomic E-state index is 0.121. The van der Waals surface area contributed by atoms with Gasteiger partial charge in [0.05, 0.1) is 0 Å². The first kappa shape index (κ1) is 8.01. The number of pyridine rings is 1. The summed E-state index contributed by atoms with van der Waals surface area (Å²) in [6.45, 7) is 2.08. The number of hydrogen-bond acceptors (Lipinski definition) is 3. The lowest BCUT2D eigenvalue weighted by Crippen LogP contribution is -1.99. The highest BCUT2D eigenvalue weighted by Gasteiger charge is 1.95. The molecule has 0 atom stereocenters. The van der Waals surface area contributed by atoms with Gasteiger partial charge in [0, 0.05) is 18.7 Å². The van der Waals surface area contributed by atoms with Crippen LogP contribution in [0.2, 0.25) is 0 Å². The van der Waals surface area contributed by atoms with Crippen molar-refractivity contribution in [2.24, 2.45) is 0 Å². The molecule has 0 fully saturated rings. The number of hydrogen-bond donors (Lipinski definition) is 2. The van der Waals surface area contributed by atoms with E-state index < -0.39 is 0 Å². The smallest absolute Gasteiger partial charge is 0.123 e. The van der Waals surface area contributed by atoms with Gasteiger partial charge in [0.15, 0.2) is 0 Å². The van der Waals surface area contributed by atoms with Crippen molar-refractivity contribution < 1.29 is 5.11 Å². The van der Waals surface area contributed by atoms with Gasteiger partial charge in [-0.05, 0) is 24.6 Å². The van der Waals surface area contributed by atoms with E-state index in [4.69, 9.17) is 10.8 Å².